The first kappa shape index (κ1) is 12.2. The lowest BCUT2D eigenvalue weighted by molar-refractivity contribution is 0.602. The van der Waals surface area contributed by atoms with Crippen molar-refractivity contribution in [1.29, 1.82) is 0 Å². The van der Waals surface area contributed by atoms with Crippen molar-refractivity contribution < 1.29 is 0 Å². The number of anilines is 1. The molecule has 1 unspecified atom stereocenters. The zero-order valence-corrected chi connectivity index (χ0v) is 9.70. The fourth-order valence-electron chi connectivity index (χ4n) is 1.79. The lowest BCUT2D eigenvalue weighted by Crippen LogP contribution is -2.23. The predicted molar refractivity (Wildman–Crippen MR) is 63.4 cm³/mol. The van der Waals surface area contributed by atoms with Gasteiger partial charge in [-0.15, -0.1) is 17.5 Å². The molecule has 1 aromatic heterocycles. The van der Waals surface area contributed by atoms with Crippen molar-refractivity contribution >= 4 is 18.2 Å². The van der Waals surface area contributed by atoms with E-state index >= 15 is 0 Å². The summed E-state index contributed by atoms with van der Waals surface area (Å²) in [6, 6.07) is 4.03. The molecule has 2 heterocycles. The van der Waals surface area contributed by atoms with E-state index in [-0.39, 0.29) is 12.4 Å². The monoisotopic (exact) mass is 228 g/mol. The number of rotatable bonds is 2. The number of nitrogens with two attached hydrogens (primary N) is 1. The molecule has 84 valence electrons. The van der Waals surface area contributed by atoms with Crippen LogP contribution in [0.5, 0.6) is 0 Å². The van der Waals surface area contributed by atoms with Crippen molar-refractivity contribution in [3.05, 3.63) is 17.8 Å². The van der Waals surface area contributed by atoms with Gasteiger partial charge in [0.05, 0.1) is 5.69 Å². The van der Waals surface area contributed by atoms with Gasteiger partial charge >= 0.3 is 0 Å². The maximum atomic E-state index is 5.64. The maximum Gasteiger partial charge on any atom is 0.151 e. The molecule has 0 aromatic carbocycles. The summed E-state index contributed by atoms with van der Waals surface area (Å²) in [5, 5.41) is 8.22. The number of hydrogen-bond acceptors (Lipinski definition) is 4. The first-order valence-electron chi connectivity index (χ1n) is 5.05. The number of nitrogens with zero attached hydrogens (tertiary/aromatic N) is 3. The second-order valence-corrected chi connectivity index (χ2v) is 3.87. The Morgan fingerprint density at radius 2 is 2.27 bits per heavy atom. The molecule has 1 aliphatic heterocycles. The van der Waals surface area contributed by atoms with Gasteiger partial charge in [0.25, 0.3) is 0 Å². The minimum absolute atomic E-state index is 0. The van der Waals surface area contributed by atoms with Gasteiger partial charge in [-0.05, 0) is 37.9 Å². The first-order chi connectivity index (χ1) is 6.79. The summed E-state index contributed by atoms with van der Waals surface area (Å²) in [6.45, 7) is 4.80. The molecule has 1 aromatic rings. The third-order valence-electron chi connectivity index (χ3n) is 2.73. The van der Waals surface area contributed by atoms with Crippen molar-refractivity contribution in [2.45, 2.75) is 13.3 Å². The lowest BCUT2D eigenvalue weighted by Gasteiger charge is -2.16. The van der Waals surface area contributed by atoms with Crippen LogP contribution >= 0.6 is 12.4 Å². The highest BCUT2D eigenvalue weighted by atomic mass is 35.5. The van der Waals surface area contributed by atoms with Gasteiger partial charge in [-0.3, -0.25) is 0 Å². The minimum atomic E-state index is 0. The number of halogens is 1. The average Bonchev–Trinajstić information content (AvgIpc) is 2.67. The summed E-state index contributed by atoms with van der Waals surface area (Å²) in [7, 11) is 0. The molecule has 1 fully saturated rings. The average molecular weight is 229 g/mol. The zero-order chi connectivity index (χ0) is 9.97. The van der Waals surface area contributed by atoms with Gasteiger partial charge in [0.1, 0.15) is 0 Å². The molecule has 0 spiro atoms. The second kappa shape index (κ2) is 5.28. The Morgan fingerprint density at radius 3 is 2.80 bits per heavy atom. The fraction of sp³-hybridized carbons (Fsp3) is 0.600. The molecule has 5 heteroatoms. The molecule has 2 rings (SSSR count). The summed E-state index contributed by atoms with van der Waals surface area (Å²) in [5.41, 5.74) is 6.60. The van der Waals surface area contributed by atoms with E-state index in [4.69, 9.17) is 5.73 Å². The molecule has 0 bridgehead atoms. The highest BCUT2D eigenvalue weighted by Crippen LogP contribution is 2.20. The topological polar surface area (TPSA) is 55.0 Å². The van der Waals surface area contributed by atoms with Gasteiger partial charge < -0.3 is 10.6 Å². The number of hydrogen-bond donors (Lipinski definition) is 1. The van der Waals surface area contributed by atoms with Crippen molar-refractivity contribution in [1.82, 2.24) is 10.2 Å². The second-order valence-electron chi connectivity index (χ2n) is 3.87. The molecule has 2 N–H and O–H groups in total. The van der Waals surface area contributed by atoms with E-state index in [0.717, 1.165) is 31.1 Å². The van der Waals surface area contributed by atoms with E-state index in [1.165, 1.54) is 6.42 Å². The van der Waals surface area contributed by atoms with Gasteiger partial charge in [0.15, 0.2) is 5.82 Å². The molecule has 0 aliphatic carbocycles. The Labute approximate surface area is 96.3 Å². The van der Waals surface area contributed by atoms with Crippen LogP contribution < -0.4 is 10.6 Å². The maximum absolute atomic E-state index is 5.64. The molecule has 1 aliphatic rings. The summed E-state index contributed by atoms with van der Waals surface area (Å²) < 4.78 is 0. The Balaban J connectivity index is 0.00000112. The standard InChI is InChI=1S/C10H16N4.ClH/c1-8-2-3-10(13-12-8)14-5-4-9(6-11)7-14;/h2-3,9H,4-7,11H2,1H3;1H. The van der Waals surface area contributed by atoms with Gasteiger partial charge in [0.2, 0.25) is 0 Å². The van der Waals surface area contributed by atoms with Crippen LogP contribution in [0.15, 0.2) is 12.1 Å². The van der Waals surface area contributed by atoms with E-state index < -0.39 is 0 Å². The molecule has 0 amide bonds. The molecular formula is C10H17ClN4. The van der Waals surface area contributed by atoms with Crippen LogP contribution in [0.4, 0.5) is 5.82 Å². The van der Waals surface area contributed by atoms with E-state index in [0.29, 0.717) is 5.92 Å². The number of aryl methyl sites for hydroxylation is 1. The summed E-state index contributed by atoms with van der Waals surface area (Å²) >= 11 is 0. The summed E-state index contributed by atoms with van der Waals surface area (Å²) in [4.78, 5) is 2.25. The van der Waals surface area contributed by atoms with Crippen LogP contribution in [0.2, 0.25) is 0 Å². The lowest BCUT2D eigenvalue weighted by atomic mass is 10.1. The quantitative estimate of drug-likeness (QED) is 0.821. The smallest absolute Gasteiger partial charge is 0.151 e. The van der Waals surface area contributed by atoms with E-state index in [9.17, 15) is 0 Å². The van der Waals surface area contributed by atoms with Crippen LogP contribution in [0, 0.1) is 12.8 Å². The molecular weight excluding hydrogens is 212 g/mol. The van der Waals surface area contributed by atoms with E-state index in [1.54, 1.807) is 0 Å². The van der Waals surface area contributed by atoms with Crippen molar-refractivity contribution in [2.24, 2.45) is 11.7 Å². The normalized spacial score (nSPS) is 20.1. The van der Waals surface area contributed by atoms with Crippen LogP contribution in [0.3, 0.4) is 0 Å². The zero-order valence-electron chi connectivity index (χ0n) is 8.89. The molecule has 1 saturated heterocycles. The summed E-state index contributed by atoms with van der Waals surface area (Å²) in [5.74, 6) is 1.60. The largest absolute Gasteiger partial charge is 0.355 e. The third-order valence-corrected chi connectivity index (χ3v) is 2.73. The van der Waals surface area contributed by atoms with Crippen LogP contribution in [-0.4, -0.2) is 29.8 Å². The Hall–Kier alpha value is -0.870. The molecule has 15 heavy (non-hydrogen) atoms. The Morgan fingerprint density at radius 1 is 1.47 bits per heavy atom. The molecule has 0 saturated carbocycles. The Kier molecular flexibility index (Phi) is 4.29. The van der Waals surface area contributed by atoms with Crippen LogP contribution in [0.1, 0.15) is 12.1 Å². The van der Waals surface area contributed by atoms with Crippen molar-refractivity contribution in [3.63, 3.8) is 0 Å². The third kappa shape index (κ3) is 2.79. The van der Waals surface area contributed by atoms with Gasteiger partial charge in [-0.25, -0.2) is 0 Å². The van der Waals surface area contributed by atoms with Crippen LogP contribution in [0.25, 0.3) is 0 Å². The molecule has 4 nitrogen and oxygen atoms in total. The first-order valence-corrected chi connectivity index (χ1v) is 5.05. The number of aromatic nitrogens is 2. The minimum Gasteiger partial charge on any atom is -0.355 e. The SMILES string of the molecule is Cc1ccc(N2CCC(CN)C2)nn1.Cl. The highest BCUT2D eigenvalue weighted by molar-refractivity contribution is 5.85. The molecule has 1 atom stereocenters. The highest BCUT2D eigenvalue weighted by Gasteiger charge is 2.22. The Bertz CT molecular complexity index is 301. The van der Waals surface area contributed by atoms with Crippen molar-refractivity contribution in [3.8, 4) is 0 Å². The van der Waals surface area contributed by atoms with Gasteiger partial charge in [-0.1, -0.05) is 0 Å². The summed E-state index contributed by atoms with van der Waals surface area (Å²) in [6.07, 6.45) is 1.17. The van der Waals surface area contributed by atoms with E-state index in [2.05, 4.69) is 15.1 Å². The molecule has 0 radical (unpaired) electrons. The fourth-order valence-corrected chi connectivity index (χ4v) is 1.79. The van der Waals surface area contributed by atoms with Gasteiger partial charge in [0, 0.05) is 13.1 Å². The van der Waals surface area contributed by atoms with Crippen LogP contribution in [-0.2, 0) is 0 Å². The predicted octanol–water partition coefficient (Wildman–Crippen LogP) is 0.992. The van der Waals surface area contributed by atoms with Gasteiger partial charge in [-0.2, -0.15) is 5.10 Å². The van der Waals surface area contributed by atoms with E-state index in [1.807, 2.05) is 19.1 Å². The van der Waals surface area contributed by atoms with Crippen molar-refractivity contribution in [2.75, 3.05) is 24.5 Å².